The van der Waals surface area contributed by atoms with E-state index in [0.29, 0.717) is 18.2 Å². The molecule has 124 valence electrons. The average Bonchev–Trinajstić information content (AvgIpc) is 3.00. The Balaban J connectivity index is 1.81. The number of amides is 1. The minimum Gasteiger partial charge on any atom is -0.484 e. The Morgan fingerprint density at radius 3 is 2.70 bits per heavy atom. The predicted molar refractivity (Wildman–Crippen MR) is 87.4 cm³/mol. The fourth-order valence-corrected chi connectivity index (χ4v) is 2.03. The molecule has 1 aromatic carbocycles. The number of hydrogen-bond donors (Lipinski definition) is 1. The molecule has 7 heteroatoms. The largest absolute Gasteiger partial charge is 0.484 e. The van der Waals surface area contributed by atoms with Crippen LogP contribution in [0.4, 0.5) is 5.95 Å². The normalized spacial score (nSPS) is 12.0. The Labute approximate surface area is 136 Å². The van der Waals surface area contributed by atoms with Crippen molar-refractivity contribution in [3.63, 3.8) is 0 Å². The molecule has 0 radical (unpaired) electrons. The first-order valence-corrected chi connectivity index (χ1v) is 7.92. The summed E-state index contributed by atoms with van der Waals surface area (Å²) < 4.78 is 5.47. The van der Waals surface area contributed by atoms with Crippen LogP contribution in [-0.2, 0) is 11.3 Å². The van der Waals surface area contributed by atoms with Gasteiger partial charge < -0.3 is 4.74 Å². The van der Waals surface area contributed by atoms with Gasteiger partial charge >= 0.3 is 0 Å². The fourth-order valence-electron chi connectivity index (χ4n) is 2.03. The van der Waals surface area contributed by atoms with Gasteiger partial charge in [0.1, 0.15) is 5.75 Å². The van der Waals surface area contributed by atoms with Gasteiger partial charge in [-0.15, -0.1) is 5.10 Å². The van der Waals surface area contributed by atoms with E-state index in [1.54, 1.807) is 0 Å². The summed E-state index contributed by atoms with van der Waals surface area (Å²) in [6.07, 6.45) is 1.99. The summed E-state index contributed by atoms with van der Waals surface area (Å²) in [5.74, 6) is 1.06. The van der Waals surface area contributed by atoms with Crippen LogP contribution in [0.5, 0.6) is 5.75 Å². The molecule has 23 heavy (non-hydrogen) atoms. The van der Waals surface area contributed by atoms with Crippen LogP contribution >= 0.6 is 0 Å². The minimum absolute atomic E-state index is 0.0923. The van der Waals surface area contributed by atoms with Crippen molar-refractivity contribution in [2.45, 2.75) is 46.1 Å². The van der Waals surface area contributed by atoms with Gasteiger partial charge in [0.05, 0.1) is 6.54 Å². The topological polar surface area (TPSA) is 81.9 Å². The van der Waals surface area contributed by atoms with Gasteiger partial charge in [-0.25, -0.2) is 0 Å². The number of rotatable bonds is 8. The predicted octanol–water partition coefficient (Wildman–Crippen LogP) is 2.61. The average molecular weight is 317 g/mol. The molecule has 0 aliphatic heterocycles. The van der Waals surface area contributed by atoms with Crippen LogP contribution in [0.25, 0.3) is 0 Å². The Kier molecular flexibility index (Phi) is 6.08. The van der Waals surface area contributed by atoms with Crippen molar-refractivity contribution >= 4 is 11.9 Å². The third-order valence-corrected chi connectivity index (χ3v) is 3.56. The Morgan fingerprint density at radius 1 is 1.30 bits per heavy atom. The van der Waals surface area contributed by atoms with Gasteiger partial charge in [0, 0.05) is 0 Å². The number of benzene rings is 1. The van der Waals surface area contributed by atoms with Crippen LogP contribution in [0.15, 0.2) is 24.3 Å². The van der Waals surface area contributed by atoms with Gasteiger partial charge in [-0.05, 0) is 41.7 Å². The number of nitrogens with zero attached hydrogens (tertiary/aromatic N) is 4. The fraction of sp³-hybridized carbons (Fsp3) is 0.500. The highest BCUT2D eigenvalue weighted by atomic mass is 16.5. The van der Waals surface area contributed by atoms with E-state index in [2.05, 4.69) is 34.6 Å². The van der Waals surface area contributed by atoms with Gasteiger partial charge in [-0.3, -0.25) is 10.1 Å². The number of carbonyl (C=O) groups excluding carboxylic acids is 1. The van der Waals surface area contributed by atoms with E-state index in [4.69, 9.17) is 4.74 Å². The second kappa shape index (κ2) is 8.26. The molecule has 0 aliphatic rings. The highest BCUT2D eigenvalue weighted by molar-refractivity contribution is 5.90. The molecule has 1 heterocycles. The highest BCUT2D eigenvalue weighted by Gasteiger charge is 2.09. The number of hydrogen-bond acceptors (Lipinski definition) is 5. The van der Waals surface area contributed by atoms with Crippen molar-refractivity contribution in [2.24, 2.45) is 0 Å². The number of nitrogens with one attached hydrogen (secondary N) is 1. The molecular weight excluding hydrogens is 294 g/mol. The van der Waals surface area contributed by atoms with Gasteiger partial charge in [0.25, 0.3) is 11.9 Å². The van der Waals surface area contributed by atoms with E-state index in [1.807, 2.05) is 31.2 Å². The molecule has 0 unspecified atom stereocenters. The van der Waals surface area contributed by atoms with Crippen molar-refractivity contribution in [3.8, 4) is 5.75 Å². The lowest BCUT2D eigenvalue weighted by molar-refractivity contribution is -0.118. The van der Waals surface area contributed by atoms with Gasteiger partial charge in [-0.1, -0.05) is 38.0 Å². The van der Waals surface area contributed by atoms with Crippen LogP contribution in [0, 0.1) is 0 Å². The first kappa shape index (κ1) is 16.9. The maximum absolute atomic E-state index is 11.8. The second-order valence-corrected chi connectivity index (χ2v) is 5.42. The molecule has 0 bridgehead atoms. The van der Waals surface area contributed by atoms with Crippen molar-refractivity contribution in [2.75, 3.05) is 11.9 Å². The summed E-state index contributed by atoms with van der Waals surface area (Å²) in [5.41, 5.74) is 1.26. The number of aromatic nitrogens is 4. The molecule has 7 nitrogen and oxygen atoms in total. The molecule has 0 spiro atoms. The zero-order valence-electron chi connectivity index (χ0n) is 13.8. The van der Waals surface area contributed by atoms with Gasteiger partial charge in [0.2, 0.25) is 0 Å². The molecule has 1 atom stereocenters. The van der Waals surface area contributed by atoms with E-state index in [0.717, 1.165) is 12.8 Å². The van der Waals surface area contributed by atoms with E-state index in [9.17, 15) is 4.79 Å². The third kappa shape index (κ3) is 5.05. The molecule has 0 fully saturated rings. The molecular formula is C16H23N5O2. The summed E-state index contributed by atoms with van der Waals surface area (Å²) in [6, 6.07) is 7.81. The second-order valence-electron chi connectivity index (χ2n) is 5.42. The summed E-state index contributed by atoms with van der Waals surface area (Å²) >= 11 is 0. The highest BCUT2D eigenvalue weighted by Crippen LogP contribution is 2.21. The molecule has 1 aromatic heterocycles. The van der Waals surface area contributed by atoms with Crippen molar-refractivity contribution in [1.29, 1.82) is 0 Å². The quantitative estimate of drug-likeness (QED) is 0.809. The number of anilines is 1. The Bertz CT molecular complexity index is 624. The van der Waals surface area contributed by atoms with Crippen LogP contribution in [-0.4, -0.2) is 32.7 Å². The number of aryl methyl sites for hydroxylation is 1. The molecule has 0 saturated heterocycles. The van der Waals surface area contributed by atoms with Crippen molar-refractivity contribution in [3.05, 3.63) is 29.8 Å². The van der Waals surface area contributed by atoms with Crippen LogP contribution in [0.1, 0.15) is 45.1 Å². The minimum atomic E-state index is -0.313. The van der Waals surface area contributed by atoms with Crippen molar-refractivity contribution in [1.82, 2.24) is 20.2 Å². The first-order valence-electron chi connectivity index (χ1n) is 7.92. The lowest BCUT2D eigenvalue weighted by Crippen LogP contribution is -2.21. The van der Waals surface area contributed by atoms with Crippen LogP contribution in [0.3, 0.4) is 0 Å². The number of ether oxygens (including phenoxy) is 1. The summed E-state index contributed by atoms with van der Waals surface area (Å²) in [5, 5.41) is 14.2. The zero-order valence-corrected chi connectivity index (χ0v) is 13.8. The third-order valence-electron chi connectivity index (χ3n) is 3.56. The van der Waals surface area contributed by atoms with Gasteiger partial charge in [-0.2, -0.15) is 4.80 Å². The molecule has 0 aliphatic carbocycles. The molecule has 2 aromatic rings. The lowest BCUT2D eigenvalue weighted by Gasteiger charge is -2.10. The SMILES string of the molecule is CCCn1nnc(NC(=O)COc2ccc([C@H](C)CC)cc2)n1. The summed E-state index contributed by atoms with van der Waals surface area (Å²) in [7, 11) is 0. The summed E-state index contributed by atoms with van der Waals surface area (Å²) in [4.78, 5) is 13.3. The van der Waals surface area contributed by atoms with Crippen LogP contribution in [0.2, 0.25) is 0 Å². The van der Waals surface area contributed by atoms with Gasteiger partial charge in [0.15, 0.2) is 6.61 Å². The summed E-state index contributed by atoms with van der Waals surface area (Å²) in [6.45, 7) is 6.93. The van der Waals surface area contributed by atoms with Crippen LogP contribution < -0.4 is 10.1 Å². The van der Waals surface area contributed by atoms with E-state index < -0.39 is 0 Å². The lowest BCUT2D eigenvalue weighted by atomic mass is 9.99. The smallest absolute Gasteiger partial charge is 0.270 e. The molecule has 2 rings (SSSR count). The number of carbonyl (C=O) groups is 1. The van der Waals surface area contributed by atoms with E-state index in [-0.39, 0.29) is 18.5 Å². The monoisotopic (exact) mass is 317 g/mol. The molecule has 1 amide bonds. The van der Waals surface area contributed by atoms with E-state index in [1.165, 1.54) is 10.4 Å². The van der Waals surface area contributed by atoms with Crippen molar-refractivity contribution < 1.29 is 9.53 Å². The number of tetrazole rings is 1. The maximum Gasteiger partial charge on any atom is 0.270 e. The zero-order chi connectivity index (χ0) is 16.7. The standard InChI is InChI=1S/C16H23N5O2/c1-4-10-21-19-16(18-20-21)17-15(22)11-23-14-8-6-13(7-9-14)12(3)5-2/h6-9,12H,4-5,10-11H2,1-3H3,(H,17,19,22)/t12-/m1/s1. The Morgan fingerprint density at radius 2 is 2.04 bits per heavy atom. The maximum atomic E-state index is 11.8. The van der Waals surface area contributed by atoms with E-state index >= 15 is 0 Å². The first-order chi connectivity index (χ1) is 11.1. The Hall–Kier alpha value is -2.44. The molecule has 0 saturated carbocycles. The molecule has 1 N–H and O–H groups in total.